The number of amides is 1. The van der Waals surface area contributed by atoms with Gasteiger partial charge in [-0.2, -0.15) is 0 Å². The van der Waals surface area contributed by atoms with Crippen molar-refractivity contribution in [2.75, 3.05) is 6.54 Å². The fourth-order valence-electron chi connectivity index (χ4n) is 4.10. The van der Waals surface area contributed by atoms with E-state index in [0.717, 1.165) is 28.6 Å². The largest absolute Gasteiger partial charge is 0.361 e. The van der Waals surface area contributed by atoms with Crippen LogP contribution in [0.1, 0.15) is 41.6 Å². The van der Waals surface area contributed by atoms with Gasteiger partial charge >= 0.3 is 0 Å². The Balaban J connectivity index is 1.59. The van der Waals surface area contributed by atoms with Crippen molar-refractivity contribution in [2.45, 2.75) is 32.1 Å². The number of aromatic nitrogens is 2. The lowest BCUT2D eigenvalue weighted by Crippen LogP contribution is -2.27. The predicted octanol–water partition coefficient (Wildman–Crippen LogP) is 5.15. The summed E-state index contributed by atoms with van der Waals surface area (Å²) in [5.41, 5.74) is 4.66. The van der Waals surface area contributed by atoms with E-state index < -0.39 is 0 Å². The van der Waals surface area contributed by atoms with Crippen LogP contribution in [0.2, 0.25) is 0 Å². The Labute approximate surface area is 181 Å². The van der Waals surface area contributed by atoms with Crippen LogP contribution < -0.4 is 5.32 Å². The van der Waals surface area contributed by atoms with Crippen molar-refractivity contribution in [3.8, 4) is 0 Å². The van der Waals surface area contributed by atoms with E-state index in [-0.39, 0.29) is 24.1 Å². The highest BCUT2D eigenvalue weighted by atomic mass is 19.1. The van der Waals surface area contributed by atoms with E-state index in [4.69, 9.17) is 0 Å². The number of nitrogens with zero attached hydrogens (tertiary/aromatic N) is 1. The van der Waals surface area contributed by atoms with Gasteiger partial charge in [0.2, 0.25) is 5.91 Å². The minimum Gasteiger partial charge on any atom is -0.361 e. The molecule has 4 rings (SSSR count). The molecule has 158 valence electrons. The van der Waals surface area contributed by atoms with Crippen LogP contribution in [0.5, 0.6) is 0 Å². The van der Waals surface area contributed by atoms with E-state index in [2.05, 4.69) is 28.3 Å². The SMILES string of the molecule is CCc1cccc2c([C@@H](CC(=O)NCCc3ccccn3)c3ccccc3F)c[nH]c12. The zero-order chi connectivity index (χ0) is 21.6. The molecule has 2 aromatic carbocycles. The number of benzene rings is 2. The lowest BCUT2D eigenvalue weighted by molar-refractivity contribution is -0.121. The van der Waals surface area contributed by atoms with Crippen molar-refractivity contribution in [1.82, 2.24) is 15.3 Å². The number of hydrogen-bond donors (Lipinski definition) is 2. The van der Waals surface area contributed by atoms with Gasteiger partial charge in [0.1, 0.15) is 5.82 Å². The Morgan fingerprint density at radius 1 is 1.06 bits per heavy atom. The van der Waals surface area contributed by atoms with Gasteiger partial charge in [-0.05, 0) is 41.3 Å². The first-order valence-electron chi connectivity index (χ1n) is 10.7. The summed E-state index contributed by atoms with van der Waals surface area (Å²) in [5, 5.41) is 4.01. The number of rotatable bonds is 8. The normalized spacial score (nSPS) is 12.1. The number of para-hydroxylation sites is 1. The van der Waals surface area contributed by atoms with E-state index in [9.17, 15) is 9.18 Å². The molecule has 31 heavy (non-hydrogen) atoms. The van der Waals surface area contributed by atoms with Gasteiger partial charge in [-0.25, -0.2) is 4.39 Å². The van der Waals surface area contributed by atoms with Crippen molar-refractivity contribution in [3.05, 3.63) is 101 Å². The van der Waals surface area contributed by atoms with Crippen LogP contribution in [0, 0.1) is 5.82 Å². The standard InChI is InChI=1S/C26H26FN3O/c1-2-18-8-7-11-21-23(17-30-26(18)21)22(20-10-3-4-12-24(20)27)16-25(31)29-15-13-19-9-5-6-14-28-19/h3-12,14,17,22,30H,2,13,15-16H2,1H3,(H,29,31)/t22-/m0/s1. The molecule has 0 saturated heterocycles. The van der Waals surface area contributed by atoms with E-state index in [1.807, 2.05) is 42.6 Å². The molecule has 0 bridgehead atoms. The average Bonchev–Trinajstić information content (AvgIpc) is 3.23. The van der Waals surface area contributed by atoms with Gasteiger partial charge in [-0.1, -0.05) is 49.4 Å². The van der Waals surface area contributed by atoms with Crippen LogP contribution in [0.4, 0.5) is 4.39 Å². The first-order valence-corrected chi connectivity index (χ1v) is 10.7. The van der Waals surface area contributed by atoms with Gasteiger partial charge in [0.05, 0.1) is 0 Å². The van der Waals surface area contributed by atoms with Gasteiger partial charge in [0, 0.05) is 54.3 Å². The molecule has 0 spiro atoms. The minimum atomic E-state index is -0.378. The van der Waals surface area contributed by atoms with Crippen LogP contribution in [-0.2, 0) is 17.6 Å². The molecule has 2 N–H and O–H groups in total. The molecule has 0 unspecified atom stereocenters. The first kappa shape index (κ1) is 20.8. The van der Waals surface area contributed by atoms with Gasteiger partial charge in [-0.3, -0.25) is 9.78 Å². The average molecular weight is 416 g/mol. The maximum absolute atomic E-state index is 14.8. The second kappa shape index (κ2) is 9.56. The summed E-state index contributed by atoms with van der Waals surface area (Å²) in [6.45, 7) is 2.60. The summed E-state index contributed by atoms with van der Waals surface area (Å²) in [7, 11) is 0. The minimum absolute atomic E-state index is 0.106. The molecule has 0 saturated carbocycles. The summed E-state index contributed by atoms with van der Waals surface area (Å²) in [6.07, 6.45) is 5.39. The Kier molecular flexibility index (Phi) is 6.41. The summed E-state index contributed by atoms with van der Waals surface area (Å²) in [4.78, 5) is 20.5. The molecule has 4 aromatic rings. The van der Waals surface area contributed by atoms with Crippen LogP contribution in [-0.4, -0.2) is 22.4 Å². The summed E-state index contributed by atoms with van der Waals surface area (Å²) in [6, 6.07) is 18.6. The maximum atomic E-state index is 14.8. The number of pyridine rings is 1. The van der Waals surface area contributed by atoms with Crippen molar-refractivity contribution in [3.63, 3.8) is 0 Å². The van der Waals surface area contributed by atoms with E-state index >= 15 is 0 Å². The Morgan fingerprint density at radius 2 is 1.90 bits per heavy atom. The third kappa shape index (κ3) is 4.66. The Morgan fingerprint density at radius 3 is 2.68 bits per heavy atom. The number of H-pyrrole nitrogens is 1. The number of halogens is 1. The van der Waals surface area contributed by atoms with Crippen molar-refractivity contribution < 1.29 is 9.18 Å². The first-order chi connectivity index (χ1) is 15.2. The Bertz CT molecular complexity index is 1170. The number of fused-ring (bicyclic) bond motifs is 1. The van der Waals surface area contributed by atoms with Crippen molar-refractivity contribution in [2.24, 2.45) is 0 Å². The highest BCUT2D eigenvalue weighted by Crippen LogP contribution is 2.35. The summed E-state index contributed by atoms with van der Waals surface area (Å²) in [5.74, 6) is -0.781. The monoisotopic (exact) mass is 415 g/mol. The van der Waals surface area contributed by atoms with Gasteiger partial charge in [0.25, 0.3) is 0 Å². The molecule has 2 aromatic heterocycles. The zero-order valence-electron chi connectivity index (χ0n) is 17.6. The molecule has 4 nitrogen and oxygen atoms in total. The Hall–Kier alpha value is -3.47. The van der Waals surface area contributed by atoms with Crippen LogP contribution in [0.15, 0.2) is 73.1 Å². The number of hydrogen-bond acceptors (Lipinski definition) is 2. The molecule has 0 aliphatic carbocycles. The molecular formula is C26H26FN3O. The number of aryl methyl sites for hydroxylation is 1. The predicted molar refractivity (Wildman–Crippen MR) is 121 cm³/mol. The second-order valence-corrected chi connectivity index (χ2v) is 7.64. The van der Waals surface area contributed by atoms with Gasteiger partial charge < -0.3 is 10.3 Å². The maximum Gasteiger partial charge on any atom is 0.220 e. The lowest BCUT2D eigenvalue weighted by Gasteiger charge is -2.18. The van der Waals surface area contributed by atoms with Crippen molar-refractivity contribution in [1.29, 1.82) is 0 Å². The number of carbonyl (C=O) groups is 1. The van der Waals surface area contributed by atoms with Crippen LogP contribution in [0.3, 0.4) is 0 Å². The topological polar surface area (TPSA) is 57.8 Å². The highest BCUT2D eigenvalue weighted by Gasteiger charge is 2.24. The smallest absolute Gasteiger partial charge is 0.220 e. The highest BCUT2D eigenvalue weighted by molar-refractivity contribution is 5.88. The molecule has 0 fully saturated rings. The number of carbonyl (C=O) groups excluding carboxylic acids is 1. The van der Waals surface area contributed by atoms with Gasteiger partial charge in [0.15, 0.2) is 0 Å². The van der Waals surface area contributed by atoms with Crippen LogP contribution >= 0.6 is 0 Å². The third-order valence-electron chi connectivity index (χ3n) is 5.69. The number of aromatic amines is 1. The quantitative estimate of drug-likeness (QED) is 0.418. The van der Waals surface area contributed by atoms with Crippen LogP contribution in [0.25, 0.3) is 10.9 Å². The molecule has 1 atom stereocenters. The molecule has 0 aliphatic heterocycles. The number of nitrogens with one attached hydrogen (secondary N) is 2. The summed E-state index contributed by atoms with van der Waals surface area (Å²) >= 11 is 0. The van der Waals surface area contributed by atoms with E-state index in [1.54, 1.807) is 18.3 Å². The molecule has 2 heterocycles. The molecule has 1 amide bonds. The third-order valence-corrected chi connectivity index (χ3v) is 5.69. The van der Waals surface area contributed by atoms with Gasteiger partial charge in [-0.15, -0.1) is 0 Å². The van der Waals surface area contributed by atoms with Crippen molar-refractivity contribution >= 4 is 16.8 Å². The molecule has 0 aliphatic rings. The van der Waals surface area contributed by atoms with E-state index in [0.29, 0.717) is 18.5 Å². The fourth-order valence-corrected chi connectivity index (χ4v) is 4.10. The lowest BCUT2D eigenvalue weighted by atomic mass is 9.87. The molecular weight excluding hydrogens is 389 g/mol. The second-order valence-electron chi connectivity index (χ2n) is 7.64. The zero-order valence-corrected chi connectivity index (χ0v) is 17.6. The fraction of sp³-hybridized carbons (Fsp3) is 0.231. The molecule has 5 heteroatoms. The summed E-state index contributed by atoms with van der Waals surface area (Å²) < 4.78 is 14.8. The molecule has 0 radical (unpaired) electrons. The van der Waals surface area contributed by atoms with E-state index in [1.165, 1.54) is 11.6 Å².